The molecule has 2 aromatic rings. The maximum atomic E-state index is 8.75. The monoisotopic (exact) mass is 253 g/mol. The maximum absolute atomic E-state index is 8.75. The van der Waals surface area contributed by atoms with Crippen LogP contribution in [0.25, 0.3) is 0 Å². The lowest BCUT2D eigenvalue weighted by molar-refractivity contribution is 0.793. The first-order chi connectivity index (χ1) is 9.29. The van der Waals surface area contributed by atoms with Crippen LogP contribution in [0.15, 0.2) is 43.0 Å². The lowest BCUT2D eigenvalue weighted by Gasteiger charge is -2.23. The van der Waals surface area contributed by atoms with Crippen LogP contribution in [-0.4, -0.2) is 16.5 Å². The van der Waals surface area contributed by atoms with Crippen molar-refractivity contribution in [1.82, 2.24) is 9.97 Å². The molecule has 0 bridgehead atoms. The van der Waals surface area contributed by atoms with E-state index in [0.717, 1.165) is 11.3 Å². The van der Waals surface area contributed by atoms with E-state index < -0.39 is 0 Å². The molecular weight excluding hydrogens is 238 g/mol. The Labute approximate surface area is 112 Å². The highest BCUT2D eigenvalue weighted by atomic mass is 15.1. The van der Waals surface area contributed by atoms with Crippen molar-refractivity contribution in [2.75, 3.05) is 17.2 Å². The van der Waals surface area contributed by atoms with Crippen LogP contribution in [0.3, 0.4) is 0 Å². The second-order valence-corrected chi connectivity index (χ2v) is 4.17. The molecule has 0 aromatic carbocycles. The molecule has 0 aliphatic rings. The molecular formula is C14H15N5. The van der Waals surface area contributed by atoms with Crippen molar-refractivity contribution in [3.05, 3.63) is 48.5 Å². The number of anilines is 2. The molecule has 2 rings (SSSR count). The first-order valence-electron chi connectivity index (χ1n) is 6.01. The van der Waals surface area contributed by atoms with Crippen LogP contribution in [0.5, 0.6) is 0 Å². The van der Waals surface area contributed by atoms with E-state index in [0.29, 0.717) is 25.2 Å². The van der Waals surface area contributed by atoms with E-state index in [1.165, 1.54) is 0 Å². The lowest BCUT2D eigenvalue weighted by Crippen LogP contribution is -2.24. The van der Waals surface area contributed by atoms with E-state index >= 15 is 0 Å². The third kappa shape index (κ3) is 3.68. The van der Waals surface area contributed by atoms with Crippen LogP contribution in [0.4, 0.5) is 11.4 Å². The summed E-state index contributed by atoms with van der Waals surface area (Å²) in [6.07, 6.45) is 7.37. The van der Waals surface area contributed by atoms with Crippen LogP contribution in [0, 0.1) is 11.3 Å². The number of hydrogen-bond acceptors (Lipinski definition) is 5. The average Bonchev–Trinajstić information content (AvgIpc) is 2.44. The Morgan fingerprint density at radius 1 is 1.26 bits per heavy atom. The predicted molar refractivity (Wildman–Crippen MR) is 74.2 cm³/mol. The van der Waals surface area contributed by atoms with Crippen molar-refractivity contribution < 1.29 is 0 Å². The Hall–Kier alpha value is -2.61. The average molecular weight is 253 g/mol. The molecule has 96 valence electrons. The third-order valence-electron chi connectivity index (χ3n) is 2.70. The molecule has 0 atom stereocenters. The van der Waals surface area contributed by atoms with Gasteiger partial charge in [-0.25, -0.2) is 0 Å². The Bertz CT molecular complexity index is 562. The molecule has 0 fully saturated rings. The number of nitrogen functional groups attached to an aromatic ring is 1. The zero-order valence-electron chi connectivity index (χ0n) is 10.5. The van der Waals surface area contributed by atoms with Gasteiger partial charge in [-0.2, -0.15) is 5.26 Å². The molecule has 2 heterocycles. The first-order valence-corrected chi connectivity index (χ1v) is 6.01. The standard InChI is InChI=1S/C14H15N5/c15-4-2-6-19(11-12-3-1-5-17-8-12)14-7-13(16)9-18-10-14/h1,3,5,7-10H,2,6,11,16H2. The second-order valence-electron chi connectivity index (χ2n) is 4.17. The SMILES string of the molecule is N#CCCN(Cc1cccnc1)c1cncc(N)c1. The number of pyridine rings is 2. The number of aromatic nitrogens is 2. The van der Waals surface area contributed by atoms with E-state index in [2.05, 4.69) is 20.9 Å². The van der Waals surface area contributed by atoms with Gasteiger partial charge in [-0.15, -0.1) is 0 Å². The summed E-state index contributed by atoms with van der Waals surface area (Å²) in [7, 11) is 0. The number of nitriles is 1. The number of rotatable bonds is 5. The number of hydrogen-bond donors (Lipinski definition) is 1. The van der Waals surface area contributed by atoms with E-state index in [4.69, 9.17) is 11.0 Å². The van der Waals surface area contributed by atoms with Crippen LogP contribution < -0.4 is 10.6 Å². The second kappa shape index (κ2) is 6.36. The summed E-state index contributed by atoms with van der Waals surface area (Å²) in [5.74, 6) is 0. The molecule has 2 aromatic heterocycles. The molecule has 0 unspecified atom stereocenters. The summed E-state index contributed by atoms with van der Waals surface area (Å²) < 4.78 is 0. The fraction of sp³-hybridized carbons (Fsp3) is 0.214. The van der Waals surface area contributed by atoms with Gasteiger partial charge in [-0.3, -0.25) is 9.97 Å². The van der Waals surface area contributed by atoms with Gasteiger partial charge in [0, 0.05) is 31.7 Å². The summed E-state index contributed by atoms with van der Waals surface area (Å²) in [5, 5.41) is 8.75. The number of nitrogens with zero attached hydrogens (tertiary/aromatic N) is 4. The van der Waals surface area contributed by atoms with E-state index in [-0.39, 0.29) is 0 Å². The van der Waals surface area contributed by atoms with Crippen molar-refractivity contribution in [3.8, 4) is 6.07 Å². The van der Waals surface area contributed by atoms with Crippen molar-refractivity contribution in [2.24, 2.45) is 0 Å². The number of nitrogens with two attached hydrogens (primary N) is 1. The van der Waals surface area contributed by atoms with Gasteiger partial charge in [0.05, 0.1) is 30.1 Å². The van der Waals surface area contributed by atoms with Crippen molar-refractivity contribution in [1.29, 1.82) is 5.26 Å². The highest BCUT2D eigenvalue weighted by molar-refractivity contribution is 5.53. The smallest absolute Gasteiger partial charge is 0.0640 e. The van der Waals surface area contributed by atoms with E-state index in [9.17, 15) is 0 Å². The summed E-state index contributed by atoms with van der Waals surface area (Å²) in [6.45, 7) is 1.32. The Morgan fingerprint density at radius 3 is 2.84 bits per heavy atom. The normalized spacial score (nSPS) is 9.84. The minimum atomic E-state index is 0.453. The summed E-state index contributed by atoms with van der Waals surface area (Å²) in [5.41, 5.74) is 8.37. The molecule has 0 aliphatic heterocycles. The quantitative estimate of drug-likeness (QED) is 0.881. The van der Waals surface area contributed by atoms with Crippen LogP contribution in [0.2, 0.25) is 0 Å². The summed E-state index contributed by atoms with van der Waals surface area (Å²) in [6, 6.07) is 7.93. The van der Waals surface area contributed by atoms with E-state index in [1.54, 1.807) is 18.6 Å². The largest absolute Gasteiger partial charge is 0.397 e. The minimum Gasteiger partial charge on any atom is -0.397 e. The topological polar surface area (TPSA) is 78.8 Å². The zero-order chi connectivity index (χ0) is 13.5. The lowest BCUT2D eigenvalue weighted by atomic mass is 10.2. The van der Waals surface area contributed by atoms with Gasteiger partial charge in [0.25, 0.3) is 0 Å². The van der Waals surface area contributed by atoms with Crippen molar-refractivity contribution in [2.45, 2.75) is 13.0 Å². The summed E-state index contributed by atoms with van der Waals surface area (Å²) in [4.78, 5) is 10.3. The fourth-order valence-electron chi connectivity index (χ4n) is 1.81. The van der Waals surface area contributed by atoms with Crippen molar-refractivity contribution in [3.63, 3.8) is 0 Å². The third-order valence-corrected chi connectivity index (χ3v) is 2.70. The first kappa shape index (κ1) is 12.8. The van der Waals surface area contributed by atoms with Gasteiger partial charge >= 0.3 is 0 Å². The van der Waals surface area contributed by atoms with Crippen LogP contribution in [-0.2, 0) is 6.54 Å². The van der Waals surface area contributed by atoms with Crippen LogP contribution in [0.1, 0.15) is 12.0 Å². The molecule has 0 spiro atoms. The maximum Gasteiger partial charge on any atom is 0.0640 e. The molecule has 0 saturated carbocycles. The minimum absolute atomic E-state index is 0.453. The van der Waals surface area contributed by atoms with Gasteiger partial charge in [0.15, 0.2) is 0 Å². The predicted octanol–water partition coefficient (Wildman–Crippen LogP) is 1.98. The Kier molecular flexibility index (Phi) is 4.29. The molecule has 19 heavy (non-hydrogen) atoms. The van der Waals surface area contributed by atoms with Gasteiger partial charge in [-0.05, 0) is 17.7 Å². The van der Waals surface area contributed by atoms with Gasteiger partial charge < -0.3 is 10.6 Å². The molecule has 0 saturated heterocycles. The molecule has 0 aliphatic carbocycles. The van der Waals surface area contributed by atoms with Crippen LogP contribution >= 0.6 is 0 Å². The Balaban J connectivity index is 2.19. The molecule has 0 amide bonds. The molecule has 2 N–H and O–H groups in total. The molecule has 0 radical (unpaired) electrons. The van der Waals surface area contributed by atoms with Gasteiger partial charge in [-0.1, -0.05) is 6.07 Å². The van der Waals surface area contributed by atoms with Gasteiger partial charge in [0.1, 0.15) is 0 Å². The Morgan fingerprint density at radius 2 is 2.16 bits per heavy atom. The highest BCUT2D eigenvalue weighted by Crippen LogP contribution is 2.18. The fourth-order valence-corrected chi connectivity index (χ4v) is 1.81. The zero-order valence-corrected chi connectivity index (χ0v) is 10.5. The molecule has 5 heteroatoms. The van der Waals surface area contributed by atoms with Crippen molar-refractivity contribution >= 4 is 11.4 Å². The molecule has 5 nitrogen and oxygen atoms in total. The highest BCUT2D eigenvalue weighted by Gasteiger charge is 2.08. The summed E-state index contributed by atoms with van der Waals surface area (Å²) >= 11 is 0. The van der Waals surface area contributed by atoms with Gasteiger partial charge in [0.2, 0.25) is 0 Å². The van der Waals surface area contributed by atoms with E-state index in [1.807, 2.05) is 24.4 Å².